The van der Waals surface area contributed by atoms with Gasteiger partial charge in [0.05, 0.1) is 23.3 Å². The van der Waals surface area contributed by atoms with E-state index in [1.165, 1.54) is 12.1 Å². The molecule has 1 saturated heterocycles. The van der Waals surface area contributed by atoms with Crippen LogP contribution < -0.4 is 5.32 Å². The summed E-state index contributed by atoms with van der Waals surface area (Å²) < 4.78 is 45.2. The Balaban J connectivity index is 1.32. The number of halogens is 3. The SMILES string of the molecule is CC(C)N(C(=O)[C@H]1C[C@H](CC(=O)NCc2cccc(C(F)(F)F)c2)C(=O)N2CCc3c([nH]c4cc(-c5ccco5)ccc34)[C@]12C)C(C)C. The second-order valence-electron chi connectivity index (χ2n) is 13.7. The Morgan fingerprint density at radius 3 is 2.50 bits per heavy atom. The maximum absolute atomic E-state index is 14.6. The highest BCUT2D eigenvalue weighted by Gasteiger charge is 2.57. The van der Waals surface area contributed by atoms with Crippen molar-refractivity contribution in [1.82, 2.24) is 20.1 Å². The van der Waals surface area contributed by atoms with E-state index in [0.29, 0.717) is 18.5 Å². The molecule has 4 aromatic rings. The number of rotatable bonds is 8. The first-order valence-electron chi connectivity index (χ1n) is 16.5. The van der Waals surface area contributed by atoms with Crippen LogP contribution in [0.2, 0.25) is 0 Å². The van der Waals surface area contributed by atoms with Crippen LogP contribution in [0.25, 0.3) is 22.2 Å². The van der Waals surface area contributed by atoms with E-state index in [9.17, 15) is 27.6 Å². The quantitative estimate of drug-likeness (QED) is 0.212. The van der Waals surface area contributed by atoms with Gasteiger partial charge in [-0.2, -0.15) is 13.2 Å². The van der Waals surface area contributed by atoms with Gasteiger partial charge in [-0.1, -0.05) is 24.3 Å². The Hall–Kier alpha value is -4.54. The summed E-state index contributed by atoms with van der Waals surface area (Å²) in [5, 5.41) is 3.72. The number of aromatic nitrogens is 1. The highest BCUT2D eigenvalue weighted by molar-refractivity contribution is 5.94. The summed E-state index contributed by atoms with van der Waals surface area (Å²) in [6.07, 6.45) is -2.32. The van der Waals surface area contributed by atoms with E-state index in [2.05, 4.69) is 16.4 Å². The minimum Gasteiger partial charge on any atom is -0.464 e. The normalized spacial score (nSPS) is 21.0. The molecule has 0 saturated carbocycles. The fraction of sp³-hybridized carbons (Fsp3) is 0.432. The topological polar surface area (TPSA) is 98.6 Å². The van der Waals surface area contributed by atoms with Crippen LogP contribution in [-0.4, -0.2) is 51.1 Å². The summed E-state index contributed by atoms with van der Waals surface area (Å²) in [5.74, 6) is -1.45. The van der Waals surface area contributed by atoms with Crippen molar-refractivity contribution in [2.45, 2.75) is 84.2 Å². The number of hydrogen-bond donors (Lipinski definition) is 2. The molecule has 6 rings (SSSR count). The third kappa shape index (κ3) is 5.88. The third-order valence-corrected chi connectivity index (χ3v) is 10.0. The monoisotopic (exact) mass is 662 g/mol. The molecule has 0 unspecified atom stereocenters. The molecule has 48 heavy (non-hydrogen) atoms. The first kappa shape index (κ1) is 33.4. The van der Waals surface area contributed by atoms with E-state index >= 15 is 0 Å². The number of nitrogens with one attached hydrogen (secondary N) is 2. The smallest absolute Gasteiger partial charge is 0.416 e. The fourth-order valence-corrected chi connectivity index (χ4v) is 7.82. The van der Waals surface area contributed by atoms with Crippen molar-refractivity contribution in [3.63, 3.8) is 0 Å². The molecule has 2 aliphatic rings. The molecule has 0 radical (unpaired) electrons. The number of benzene rings is 2. The Kier molecular flexibility index (Phi) is 8.68. The molecular weight excluding hydrogens is 621 g/mol. The zero-order chi connectivity index (χ0) is 34.5. The highest BCUT2D eigenvalue weighted by atomic mass is 19.4. The number of nitrogens with zero attached hydrogens (tertiary/aromatic N) is 2. The largest absolute Gasteiger partial charge is 0.464 e. The van der Waals surface area contributed by atoms with Crippen molar-refractivity contribution in [1.29, 1.82) is 0 Å². The van der Waals surface area contributed by atoms with Crippen molar-refractivity contribution >= 4 is 28.6 Å². The molecule has 2 aliphatic heterocycles. The molecule has 0 aliphatic carbocycles. The number of furan rings is 1. The van der Waals surface area contributed by atoms with Crippen LogP contribution in [0, 0.1) is 11.8 Å². The number of H-pyrrole nitrogens is 1. The van der Waals surface area contributed by atoms with Gasteiger partial charge in [-0.15, -0.1) is 0 Å². The van der Waals surface area contributed by atoms with Crippen LogP contribution in [0.3, 0.4) is 0 Å². The van der Waals surface area contributed by atoms with Crippen LogP contribution in [0.5, 0.6) is 0 Å². The number of carbonyl (C=O) groups is 3. The standard InChI is InChI=1S/C37H41F3N4O4/c1-21(2)44(22(3)4)35(47)29-17-25(19-32(45)41-20-23-8-6-9-26(16-23)37(38,39)40)34(46)43-14-13-28-27-12-11-24(31-10-7-15-48-31)18-30(27)42-33(28)36(29,43)5/h6-12,15-16,18,21-22,25,29,42H,13-14,17,19-20H2,1-5H3,(H,41,45)/t25-,29-,36+/m1/s1. The first-order chi connectivity index (χ1) is 22.7. The second kappa shape index (κ2) is 12.5. The number of piperidine rings is 1. The molecule has 2 aromatic heterocycles. The molecule has 2 aromatic carbocycles. The lowest BCUT2D eigenvalue weighted by Crippen LogP contribution is -2.65. The van der Waals surface area contributed by atoms with Crippen LogP contribution in [-0.2, 0) is 39.1 Å². The van der Waals surface area contributed by atoms with Gasteiger partial charge in [-0.25, -0.2) is 0 Å². The number of alkyl halides is 3. The third-order valence-electron chi connectivity index (χ3n) is 10.0. The molecule has 0 bridgehead atoms. The lowest BCUT2D eigenvalue weighted by Gasteiger charge is -2.54. The Morgan fingerprint density at radius 2 is 1.83 bits per heavy atom. The molecule has 3 atom stereocenters. The van der Waals surface area contributed by atoms with Crippen molar-refractivity contribution < 1.29 is 32.0 Å². The molecular formula is C37H41F3N4O4. The molecule has 0 spiro atoms. The number of aromatic amines is 1. The zero-order valence-electron chi connectivity index (χ0n) is 27.8. The lowest BCUT2D eigenvalue weighted by molar-refractivity contribution is -0.166. The lowest BCUT2D eigenvalue weighted by atomic mass is 9.67. The van der Waals surface area contributed by atoms with Crippen LogP contribution in [0.15, 0.2) is 65.3 Å². The zero-order valence-corrected chi connectivity index (χ0v) is 27.8. The van der Waals surface area contributed by atoms with E-state index in [1.54, 1.807) is 11.2 Å². The Morgan fingerprint density at radius 1 is 1.08 bits per heavy atom. The summed E-state index contributed by atoms with van der Waals surface area (Å²) in [6, 6.07) is 14.4. The van der Waals surface area contributed by atoms with Gasteiger partial charge in [0.15, 0.2) is 0 Å². The molecule has 8 nitrogen and oxygen atoms in total. The van der Waals surface area contributed by atoms with Gasteiger partial charge in [0.2, 0.25) is 17.7 Å². The maximum atomic E-state index is 14.6. The van der Waals surface area contributed by atoms with Crippen LogP contribution in [0.4, 0.5) is 13.2 Å². The maximum Gasteiger partial charge on any atom is 0.416 e. The van der Waals surface area contributed by atoms with E-state index < -0.39 is 35.0 Å². The first-order valence-corrected chi connectivity index (χ1v) is 16.5. The summed E-state index contributed by atoms with van der Waals surface area (Å²) in [6.45, 7) is 10.1. The van der Waals surface area contributed by atoms with E-state index in [0.717, 1.165) is 45.6 Å². The summed E-state index contributed by atoms with van der Waals surface area (Å²) >= 11 is 0. The molecule has 3 amide bonds. The molecule has 2 N–H and O–H groups in total. The number of amides is 3. The van der Waals surface area contributed by atoms with Crippen molar-refractivity contribution in [3.05, 3.63) is 83.2 Å². The molecule has 1 fully saturated rings. The van der Waals surface area contributed by atoms with E-state index in [1.807, 2.05) is 63.8 Å². The minimum atomic E-state index is -4.50. The van der Waals surface area contributed by atoms with E-state index in [-0.39, 0.29) is 43.3 Å². The van der Waals surface area contributed by atoms with Gasteiger partial charge in [0.25, 0.3) is 0 Å². The number of hydrogen-bond acceptors (Lipinski definition) is 4. The van der Waals surface area contributed by atoms with Crippen LogP contribution in [0.1, 0.15) is 69.8 Å². The second-order valence-corrected chi connectivity index (χ2v) is 13.7. The fourth-order valence-electron chi connectivity index (χ4n) is 7.82. The Labute approximate surface area is 277 Å². The summed E-state index contributed by atoms with van der Waals surface area (Å²) in [5.41, 5.74) is 2.19. The van der Waals surface area contributed by atoms with E-state index in [4.69, 9.17) is 4.42 Å². The predicted molar refractivity (Wildman–Crippen MR) is 175 cm³/mol. The van der Waals surface area contributed by atoms with Gasteiger partial charge in [0.1, 0.15) is 5.76 Å². The van der Waals surface area contributed by atoms with Crippen molar-refractivity contribution in [2.75, 3.05) is 6.54 Å². The molecule has 4 heterocycles. The van der Waals surface area contributed by atoms with Gasteiger partial charge >= 0.3 is 6.18 Å². The minimum absolute atomic E-state index is 0.0860. The highest BCUT2D eigenvalue weighted by Crippen LogP contribution is 2.50. The summed E-state index contributed by atoms with van der Waals surface area (Å²) in [7, 11) is 0. The van der Waals surface area contributed by atoms with Gasteiger partial charge < -0.3 is 24.5 Å². The number of fused-ring (bicyclic) bond motifs is 5. The average Bonchev–Trinajstić information content (AvgIpc) is 3.70. The number of carbonyl (C=O) groups excluding carboxylic acids is 3. The average molecular weight is 663 g/mol. The van der Waals surface area contributed by atoms with Gasteiger partial charge in [-0.3, -0.25) is 14.4 Å². The van der Waals surface area contributed by atoms with Crippen molar-refractivity contribution in [2.24, 2.45) is 11.8 Å². The van der Waals surface area contributed by atoms with Gasteiger partial charge in [0, 0.05) is 59.7 Å². The predicted octanol–water partition coefficient (Wildman–Crippen LogP) is 7.03. The molecule has 11 heteroatoms. The van der Waals surface area contributed by atoms with Gasteiger partial charge in [-0.05, 0) is 88.9 Å². The Bertz CT molecular complexity index is 1840. The van der Waals surface area contributed by atoms with Crippen LogP contribution >= 0.6 is 0 Å². The molecule has 254 valence electrons. The van der Waals surface area contributed by atoms with Crippen molar-refractivity contribution in [3.8, 4) is 11.3 Å². The summed E-state index contributed by atoms with van der Waals surface area (Å²) in [4.78, 5) is 49.3.